The lowest BCUT2D eigenvalue weighted by Gasteiger charge is -2.24. The maximum Gasteiger partial charge on any atom is 0.230 e. The Bertz CT molecular complexity index is 416. The lowest BCUT2D eigenvalue weighted by Crippen LogP contribution is -2.36. The van der Waals surface area contributed by atoms with Crippen molar-refractivity contribution in [1.82, 2.24) is 0 Å². The molecule has 98 valence electrons. The molecule has 0 saturated heterocycles. The van der Waals surface area contributed by atoms with Crippen molar-refractivity contribution in [2.75, 3.05) is 18.5 Å². The number of phenolic OH excluding ortho intramolecular Hbond substituents is 1. The zero-order chi connectivity index (χ0) is 13.1. The quantitative estimate of drug-likeness (QED) is 0.856. The van der Waals surface area contributed by atoms with Crippen LogP contribution in [0.3, 0.4) is 0 Å². The van der Waals surface area contributed by atoms with Gasteiger partial charge in [-0.3, -0.25) is 4.79 Å². The number of anilines is 1. The van der Waals surface area contributed by atoms with E-state index in [4.69, 9.17) is 5.73 Å². The largest absolute Gasteiger partial charge is 0.508 e. The second-order valence-electron chi connectivity index (χ2n) is 4.95. The van der Waals surface area contributed by atoms with Crippen LogP contribution in [0.2, 0.25) is 0 Å². The van der Waals surface area contributed by atoms with Crippen LogP contribution in [0.5, 0.6) is 5.75 Å². The zero-order valence-corrected chi connectivity index (χ0v) is 10.7. The maximum atomic E-state index is 12.4. The van der Waals surface area contributed by atoms with Crippen LogP contribution in [-0.4, -0.2) is 24.6 Å². The number of nitrogens with zero attached hydrogens (tertiary/aromatic N) is 1. The van der Waals surface area contributed by atoms with Gasteiger partial charge in [-0.2, -0.15) is 0 Å². The molecule has 0 spiro atoms. The molecule has 4 nitrogen and oxygen atoms in total. The zero-order valence-electron chi connectivity index (χ0n) is 10.7. The van der Waals surface area contributed by atoms with Crippen LogP contribution in [-0.2, 0) is 4.79 Å². The molecule has 1 aromatic rings. The van der Waals surface area contributed by atoms with Crippen molar-refractivity contribution >= 4 is 11.6 Å². The Kier molecular flexibility index (Phi) is 3.87. The van der Waals surface area contributed by atoms with Crippen LogP contribution in [0.4, 0.5) is 5.69 Å². The van der Waals surface area contributed by atoms with Gasteiger partial charge in [-0.1, -0.05) is 6.42 Å². The van der Waals surface area contributed by atoms with Crippen LogP contribution in [0.25, 0.3) is 0 Å². The number of rotatable bonds is 3. The molecule has 1 aromatic carbocycles. The fourth-order valence-corrected chi connectivity index (χ4v) is 2.70. The minimum atomic E-state index is 0.0498. The number of benzene rings is 1. The number of carbonyl (C=O) groups excluding carboxylic acids is 1. The summed E-state index contributed by atoms with van der Waals surface area (Å²) < 4.78 is 0. The Morgan fingerprint density at radius 3 is 2.67 bits per heavy atom. The smallest absolute Gasteiger partial charge is 0.230 e. The van der Waals surface area contributed by atoms with E-state index in [0.29, 0.717) is 12.5 Å². The minimum Gasteiger partial charge on any atom is -0.508 e. The second-order valence-corrected chi connectivity index (χ2v) is 4.95. The third kappa shape index (κ3) is 2.48. The van der Waals surface area contributed by atoms with Gasteiger partial charge in [0.2, 0.25) is 5.91 Å². The molecule has 1 aliphatic carbocycles. The van der Waals surface area contributed by atoms with Crippen LogP contribution in [0, 0.1) is 11.8 Å². The fourth-order valence-electron chi connectivity index (χ4n) is 2.70. The predicted molar refractivity (Wildman–Crippen MR) is 71.4 cm³/mol. The summed E-state index contributed by atoms with van der Waals surface area (Å²) in [5.41, 5.74) is 6.52. The van der Waals surface area contributed by atoms with E-state index >= 15 is 0 Å². The molecule has 2 rings (SSSR count). The van der Waals surface area contributed by atoms with E-state index in [-0.39, 0.29) is 17.6 Å². The lowest BCUT2D eigenvalue weighted by molar-refractivity contribution is -0.123. The van der Waals surface area contributed by atoms with E-state index < -0.39 is 0 Å². The van der Waals surface area contributed by atoms with Crippen LogP contribution >= 0.6 is 0 Å². The average Bonchev–Trinajstić information content (AvgIpc) is 2.86. The van der Waals surface area contributed by atoms with Crippen molar-refractivity contribution < 1.29 is 9.90 Å². The molecule has 1 aliphatic rings. The molecule has 0 aliphatic heterocycles. The topological polar surface area (TPSA) is 66.6 Å². The Hall–Kier alpha value is -1.55. The summed E-state index contributed by atoms with van der Waals surface area (Å²) in [6, 6.07) is 6.68. The molecule has 1 amide bonds. The summed E-state index contributed by atoms with van der Waals surface area (Å²) in [5.74, 6) is 0.708. The van der Waals surface area contributed by atoms with E-state index in [1.165, 1.54) is 0 Å². The van der Waals surface area contributed by atoms with Crippen LogP contribution in [0.15, 0.2) is 24.3 Å². The van der Waals surface area contributed by atoms with Crippen molar-refractivity contribution in [3.05, 3.63) is 24.3 Å². The second kappa shape index (κ2) is 5.40. The van der Waals surface area contributed by atoms with Gasteiger partial charge in [0.25, 0.3) is 0 Å². The first-order valence-corrected chi connectivity index (χ1v) is 6.40. The Morgan fingerprint density at radius 2 is 2.06 bits per heavy atom. The molecule has 0 radical (unpaired) electrons. The van der Waals surface area contributed by atoms with Gasteiger partial charge >= 0.3 is 0 Å². The van der Waals surface area contributed by atoms with Gasteiger partial charge in [0.05, 0.1) is 0 Å². The molecule has 0 aromatic heterocycles. The van der Waals surface area contributed by atoms with Gasteiger partial charge in [0.15, 0.2) is 0 Å². The molecule has 18 heavy (non-hydrogen) atoms. The summed E-state index contributed by atoms with van der Waals surface area (Å²) >= 11 is 0. The average molecular weight is 248 g/mol. The Morgan fingerprint density at radius 1 is 1.39 bits per heavy atom. The number of nitrogens with two attached hydrogens (primary N) is 1. The highest BCUT2D eigenvalue weighted by Crippen LogP contribution is 2.33. The predicted octanol–water partition coefficient (Wildman–Crippen LogP) is 1.73. The fraction of sp³-hybridized carbons (Fsp3) is 0.500. The van der Waals surface area contributed by atoms with E-state index in [1.807, 2.05) is 0 Å². The van der Waals surface area contributed by atoms with Gasteiger partial charge in [-0.25, -0.2) is 0 Å². The summed E-state index contributed by atoms with van der Waals surface area (Å²) in [6.45, 7) is 0.583. The van der Waals surface area contributed by atoms with Crippen molar-refractivity contribution in [2.24, 2.45) is 17.6 Å². The molecule has 3 N–H and O–H groups in total. The molecular formula is C14H20N2O2. The maximum absolute atomic E-state index is 12.4. The summed E-state index contributed by atoms with van der Waals surface area (Å²) in [7, 11) is 1.78. The number of aromatic hydroxyl groups is 1. The number of phenols is 1. The Labute approximate surface area is 107 Å². The molecule has 1 saturated carbocycles. The number of hydrogen-bond acceptors (Lipinski definition) is 3. The molecule has 0 bridgehead atoms. The van der Waals surface area contributed by atoms with Gasteiger partial charge in [0, 0.05) is 18.7 Å². The van der Waals surface area contributed by atoms with E-state index in [0.717, 1.165) is 24.9 Å². The summed E-state index contributed by atoms with van der Waals surface area (Å²) in [6.07, 6.45) is 3.07. The van der Waals surface area contributed by atoms with Gasteiger partial charge in [0.1, 0.15) is 5.75 Å². The highest BCUT2D eigenvalue weighted by atomic mass is 16.3. The number of amides is 1. The van der Waals surface area contributed by atoms with Gasteiger partial charge < -0.3 is 15.7 Å². The third-order valence-corrected chi connectivity index (χ3v) is 3.85. The number of carbonyl (C=O) groups is 1. The molecule has 2 atom stereocenters. The molecule has 4 heteroatoms. The molecule has 0 heterocycles. The van der Waals surface area contributed by atoms with Gasteiger partial charge in [-0.15, -0.1) is 0 Å². The standard InChI is InChI=1S/C14H20N2O2/c1-16(11-5-7-12(17)8-6-11)14(18)13-4-2-3-10(13)9-15/h5-8,10,13,17H,2-4,9,15H2,1H3. The first kappa shape index (κ1) is 12.9. The molecule has 2 unspecified atom stereocenters. The van der Waals surface area contributed by atoms with Crippen molar-refractivity contribution in [2.45, 2.75) is 19.3 Å². The van der Waals surface area contributed by atoms with Crippen molar-refractivity contribution in [3.8, 4) is 5.75 Å². The lowest BCUT2D eigenvalue weighted by atomic mass is 9.94. The summed E-state index contributed by atoms with van der Waals surface area (Å²) in [4.78, 5) is 14.1. The first-order valence-electron chi connectivity index (χ1n) is 6.40. The first-order chi connectivity index (χ1) is 8.63. The van der Waals surface area contributed by atoms with Crippen LogP contribution in [0.1, 0.15) is 19.3 Å². The normalized spacial score (nSPS) is 23.0. The number of hydrogen-bond donors (Lipinski definition) is 2. The van der Waals surface area contributed by atoms with E-state index in [2.05, 4.69) is 0 Å². The third-order valence-electron chi connectivity index (χ3n) is 3.85. The monoisotopic (exact) mass is 248 g/mol. The molecule has 1 fully saturated rings. The van der Waals surface area contributed by atoms with E-state index in [1.54, 1.807) is 36.2 Å². The molecular weight excluding hydrogens is 228 g/mol. The summed E-state index contributed by atoms with van der Waals surface area (Å²) in [5, 5.41) is 9.25. The highest BCUT2D eigenvalue weighted by molar-refractivity contribution is 5.94. The van der Waals surface area contributed by atoms with E-state index in [9.17, 15) is 9.90 Å². The minimum absolute atomic E-state index is 0.0498. The van der Waals surface area contributed by atoms with Crippen molar-refractivity contribution in [3.63, 3.8) is 0 Å². The van der Waals surface area contributed by atoms with Gasteiger partial charge in [-0.05, 0) is 49.6 Å². The Balaban J connectivity index is 2.11. The van der Waals surface area contributed by atoms with Crippen molar-refractivity contribution in [1.29, 1.82) is 0 Å². The SMILES string of the molecule is CN(C(=O)C1CCCC1CN)c1ccc(O)cc1. The highest BCUT2D eigenvalue weighted by Gasteiger charge is 2.33. The van der Waals surface area contributed by atoms with Crippen LogP contribution < -0.4 is 10.6 Å².